The van der Waals surface area contributed by atoms with Crippen molar-refractivity contribution in [1.82, 2.24) is 5.32 Å². The van der Waals surface area contributed by atoms with Crippen molar-refractivity contribution in [3.8, 4) is 11.5 Å². The first-order chi connectivity index (χ1) is 13.4. The average Bonchev–Trinajstić information content (AvgIpc) is 3.01. The number of amides is 3. The van der Waals surface area contributed by atoms with Crippen molar-refractivity contribution in [3.63, 3.8) is 0 Å². The predicted octanol–water partition coefficient (Wildman–Crippen LogP) is 3.25. The van der Waals surface area contributed by atoms with Crippen LogP contribution in [0.2, 0.25) is 0 Å². The molecule has 7 heteroatoms. The molecule has 148 valence electrons. The summed E-state index contributed by atoms with van der Waals surface area (Å²) in [6.45, 7) is 4.57. The monoisotopic (exact) mass is 383 g/mol. The van der Waals surface area contributed by atoms with E-state index in [1.165, 1.54) is 7.11 Å². The minimum atomic E-state index is -0.565. The van der Waals surface area contributed by atoms with Crippen molar-refractivity contribution < 1.29 is 19.1 Å². The molecule has 0 spiro atoms. The summed E-state index contributed by atoms with van der Waals surface area (Å²) in [5.41, 5.74) is 3.56. The number of ether oxygens (including phenoxy) is 2. The van der Waals surface area contributed by atoms with Gasteiger partial charge in [-0.1, -0.05) is 6.07 Å². The van der Waals surface area contributed by atoms with Gasteiger partial charge in [0.25, 0.3) is 0 Å². The van der Waals surface area contributed by atoms with Crippen LogP contribution in [-0.4, -0.2) is 38.7 Å². The number of urea groups is 1. The lowest BCUT2D eigenvalue weighted by Gasteiger charge is -2.19. The Bertz CT molecular complexity index is 877. The van der Waals surface area contributed by atoms with Crippen molar-refractivity contribution in [3.05, 3.63) is 47.5 Å². The molecule has 3 rings (SSSR count). The molecule has 0 radical (unpaired) electrons. The van der Waals surface area contributed by atoms with E-state index < -0.39 is 12.1 Å². The highest BCUT2D eigenvalue weighted by Crippen LogP contribution is 2.29. The molecule has 1 aliphatic rings. The Morgan fingerprint density at radius 1 is 1.07 bits per heavy atom. The SMILES string of the molecule is COc1ccc(NC(=O)N[C@@H]2CCN(c3cc(C)cc(C)c3)C2=O)c(OC)c1. The van der Waals surface area contributed by atoms with E-state index in [4.69, 9.17) is 9.47 Å². The Morgan fingerprint density at radius 2 is 1.79 bits per heavy atom. The van der Waals surface area contributed by atoms with Gasteiger partial charge in [0.2, 0.25) is 5.91 Å². The maximum Gasteiger partial charge on any atom is 0.319 e. The van der Waals surface area contributed by atoms with Gasteiger partial charge in [-0.2, -0.15) is 0 Å². The van der Waals surface area contributed by atoms with Gasteiger partial charge in [0.15, 0.2) is 0 Å². The second kappa shape index (κ2) is 8.21. The van der Waals surface area contributed by atoms with Crippen LogP contribution < -0.4 is 25.0 Å². The Balaban J connectivity index is 1.66. The van der Waals surface area contributed by atoms with E-state index in [-0.39, 0.29) is 5.91 Å². The number of anilines is 2. The summed E-state index contributed by atoms with van der Waals surface area (Å²) < 4.78 is 10.4. The smallest absolute Gasteiger partial charge is 0.319 e. The molecule has 0 bridgehead atoms. The molecule has 0 unspecified atom stereocenters. The molecule has 3 amide bonds. The van der Waals surface area contributed by atoms with Crippen LogP contribution in [-0.2, 0) is 4.79 Å². The van der Waals surface area contributed by atoms with Gasteiger partial charge in [-0.15, -0.1) is 0 Å². The standard InChI is InChI=1S/C21H25N3O4/c1-13-9-14(2)11-15(10-13)24-8-7-18(20(24)25)23-21(26)22-17-6-5-16(27-3)12-19(17)28-4/h5-6,9-12,18H,7-8H2,1-4H3,(H2,22,23,26)/t18-/m1/s1. The number of hydrogen-bond donors (Lipinski definition) is 2. The van der Waals surface area contributed by atoms with Gasteiger partial charge in [-0.3, -0.25) is 4.79 Å². The fourth-order valence-corrected chi connectivity index (χ4v) is 3.40. The number of benzene rings is 2. The molecule has 1 heterocycles. The summed E-state index contributed by atoms with van der Waals surface area (Å²) in [5, 5.41) is 5.49. The molecule has 0 aliphatic carbocycles. The molecule has 1 aliphatic heterocycles. The zero-order valence-electron chi connectivity index (χ0n) is 16.5. The fourth-order valence-electron chi connectivity index (χ4n) is 3.40. The minimum Gasteiger partial charge on any atom is -0.497 e. The van der Waals surface area contributed by atoms with Crippen LogP contribution in [0.25, 0.3) is 0 Å². The number of nitrogens with zero attached hydrogens (tertiary/aromatic N) is 1. The van der Waals surface area contributed by atoms with Crippen LogP contribution in [0.5, 0.6) is 11.5 Å². The van der Waals surface area contributed by atoms with Gasteiger partial charge in [0.1, 0.15) is 17.5 Å². The molecule has 0 aromatic heterocycles. The van der Waals surface area contributed by atoms with Gasteiger partial charge in [-0.25, -0.2) is 4.79 Å². The molecule has 2 aromatic rings. The summed E-state index contributed by atoms with van der Waals surface area (Å²) >= 11 is 0. The molecular formula is C21H25N3O4. The summed E-state index contributed by atoms with van der Waals surface area (Å²) in [5.74, 6) is 0.990. The van der Waals surface area contributed by atoms with Crippen LogP contribution in [0.15, 0.2) is 36.4 Å². The van der Waals surface area contributed by atoms with Gasteiger partial charge in [0, 0.05) is 18.3 Å². The zero-order chi connectivity index (χ0) is 20.3. The third-order valence-corrected chi connectivity index (χ3v) is 4.69. The molecule has 7 nitrogen and oxygen atoms in total. The van der Waals surface area contributed by atoms with E-state index in [9.17, 15) is 9.59 Å². The van der Waals surface area contributed by atoms with Crippen LogP contribution in [0.3, 0.4) is 0 Å². The van der Waals surface area contributed by atoms with E-state index in [1.54, 1.807) is 30.2 Å². The van der Waals surface area contributed by atoms with Crippen molar-refractivity contribution in [2.75, 3.05) is 31.0 Å². The molecule has 1 fully saturated rings. The van der Waals surface area contributed by atoms with E-state index in [2.05, 4.69) is 16.7 Å². The highest BCUT2D eigenvalue weighted by Gasteiger charge is 2.33. The molecule has 1 atom stereocenters. The predicted molar refractivity (Wildman–Crippen MR) is 108 cm³/mol. The molecular weight excluding hydrogens is 358 g/mol. The first-order valence-electron chi connectivity index (χ1n) is 9.10. The first-order valence-corrected chi connectivity index (χ1v) is 9.10. The number of nitrogens with one attached hydrogen (secondary N) is 2. The zero-order valence-corrected chi connectivity index (χ0v) is 16.5. The molecule has 28 heavy (non-hydrogen) atoms. The lowest BCUT2D eigenvalue weighted by atomic mass is 10.1. The molecule has 2 aromatic carbocycles. The van der Waals surface area contributed by atoms with Crippen molar-refractivity contribution in [2.45, 2.75) is 26.3 Å². The summed E-state index contributed by atoms with van der Waals surface area (Å²) in [6.07, 6.45) is 0.555. The van der Waals surface area contributed by atoms with Gasteiger partial charge < -0.3 is 25.0 Å². The molecule has 2 N–H and O–H groups in total. The van der Waals surface area contributed by atoms with Gasteiger partial charge in [0.05, 0.1) is 19.9 Å². The second-order valence-corrected chi connectivity index (χ2v) is 6.84. The quantitative estimate of drug-likeness (QED) is 0.831. The first kappa shape index (κ1) is 19.5. The van der Waals surface area contributed by atoms with Crippen LogP contribution in [0.1, 0.15) is 17.5 Å². The maximum atomic E-state index is 12.8. The van der Waals surface area contributed by atoms with Gasteiger partial charge in [-0.05, 0) is 55.7 Å². The van der Waals surface area contributed by atoms with E-state index >= 15 is 0 Å². The van der Waals surface area contributed by atoms with Crippen molar-refractivity contribution >= 4 is 23.3 Å². The van der Waals surface area contributed by atoms with Crippen LogP contribution in [0.4, 0.5) is 16.2 Å². The van der Waals surface area contributed by atoms with Crippen molar-refractivity contribution in [2.24, 2.45) is 0 Å². The highest BCUT2D eigenvalue weighted by atomic mass is 16.5. The lowest BCUT2D eigenvalue weighted by molar-refractivity contribution is -0.118. The summed E-state index contributed by atoms with van der Waals surface area (Å²) in [6, 6.07) is 10.1. The Kier molecular flexibility index (Phi) is 5.73. The largest absolute Gasteiger partial charge is 0.497 e. The number of carbonyl (C=O) groups excluding carboxylic acids is 2. The van der Waals surface area contributed by atoms with Crippen LogP contribution in [0, 0.1) is 13.8 Å². The Labute approximate surface area is 164 Å². The number of hydrogen-bond acceptors (Lipinski definition) is 4. The summed E-state index contributed by atoms with van der Waals surface area (Å²) in [4.78, 5) is 26.9. The van der Waals surface area contributed by atoms with Gasteiger partial charge >= 0.3 is 6.03 Å². The highest BCUT2D eigenvalue weighted by molar-refractivity contribution is 6.03. The number of methoxy groups -OCH3 is 2. The normalized spacial score (nSPS) is 16.1. The Hall–Kier alpha value is -3.22. The minimum absolute atomic E-state index is 0.109. The fraction of sp³-hybridized carbons (Fsp3) is 0.333. The number of rotatable bonds is 5. The van der Waals surface area contributed by atoms with Crippen LogP contribution >= 0.6 is 0 Å². The van der Waals surface area contributed by atoms with E-state index in [0.29, 0.717) is 30.2 Å². The van der Waals surface area contributed by atoms with E-state index in [0.717, 1.165) is 16.8 Å². The third kappa shape index (κ3) is 4.19. The molecule has 0 saturated carbocycles. The second-order valence-electron chi connectivity index (χ2n) is 6.84. The third-order valence-electron chi connectivity index (χ3n) is 4.69. The lowest BCUT2D eigenvalue weighted by Crippen LogP contribution is -2.43. The topological polar surface area (TPSA) is 79.9 Å². The van der Waals surface area contributed by atoms with E-state index in [1.807, 2.05) is 26.0 Å². The summed E-state index contributed by atoms with van der Waals surface area (Å²) in [7, 11) is 3.07. The molecule has 1 saturated heterocycles. The number of aryl methyl sites for hydroxylation is 2. The Morgan fingerprint density at radius 3 is 2.43 bits per heavy atom. The average molecular weight is 383 g/mol. The van der Waals surface area contributed by atoms with Crippen molar-refractivity contribution in [1.29, 1.82) is 0 Å². The number of carbonyl (C=O) groups is 2. The maximum absolute atomic E-state index is 12.8.